The molecule has 50 heavy (non-hydrogen) atoms. The number of aromatic nitrogens is 2. The van der Waals surface area contributed by atoms with Gasteiger partial charge in [-0.1, -0.05) is 84.9 Å². The number of hydrogen-bond acceptors (Lipinski definition) is 3. The lowest BCUT2D eigenvalue weighted by molar-refractivity contribution is 1.18. The molecule has 0 atom stereocenters. The number of fused-ring (bicyclic) bond motifs is 6. The molecule has 0 aliphatic heterocycles. The van der Waals surface area contributed by atoms with E-state index < -0.39 is 0 Å². The quantitative estimate of drug-likeness (QED) is 0.193. The predicted molar refractivity (Wildman–Crippen MR) is 200 cm³/mol. The van der Waals surface area contributed by atoms with Crippen LogP contribution in [0.15, 0.2) is 152 Å². The lowest BCUT2D eigenvalue weighted by Gasteiger charge is -2.16. The normalized spacial score (nSPS) is 11.1. The molecule has 0 aliphatic carbocycles. The highest BCUT2D eigenvalue weighted by molar-refractivity contribution is 6.11. The molecule has 5 heteroatoms. The Morgan fingerprint density at radius 2 is 1.02 bits per heavy atom. The smallest absolute Gasteiger partial charge is 0.0998 e. The van der Waals surface area contributed by atoms with Gasteiger partial charge in [0.15, 0.2) is 0 Å². The Hall–Kier alpha value is -7.39. The predicted octanol–water partition coefficient (Wildman–Crippen LogP) is 10.8. The Labute approximate surface area is 287 Å². The van der Waals surface area contributed by atoms with Gasteiger partial charge in [0.25, 0.3) is 0 Å². The summed E-state index contributed by atoms with van der Waals surface area (Å²) in [6.45, 7) is 0. The molecule has 0 aliphatic rings. The van der Waals surface area contributed by atoms with E-state index in [-0.39, 0.29) is 0 Å². The highest BCUT2D eigenvalue weighted by Gasteiger charge is 2.18. The van der Waals surface area contributed by atoms with E-state index in [9.17, 15) is 15.8 Å². The Balaban J connectivity index is 1.19. The van der Waals surface area contributed by atoms with Gasteiger partial charge in [0.05, 0.1) is 62.7 Å². The monoisotopic (exact) mass is 635 g/mol. The van der Waals surface area contributed by atoms with Gasteiger partial charge in [0.2, 0.25) is 0 Å². The summed E-state index contributed by atoms with van der Waals surface area (Å²) in [6, 6.07) is 57.8. The first-order chi connectivity index (χ1) is 24.7. The first-order valence-electron chi connectivity index (χ1n) is 16.3. The van der Waals surface area contributed by atoms with Crippen LogP contribution in [0.2, 0.25) is 0 Å². The van der Waals surface area contributed by atoms with Gasteiger partial charge < -0.3 is 9.13 Å². The zero-order valence-corrected chi connectivity index (χ0v) is 26.7. The molecule has 0 radical (unpaired) electrons. The number of rotatable bonds is 4. The summed E-state index contributed by atoms with van der Waals surface area (Å²) in [4.78, 5) is 0. The van der Waals surface area contributed by atoms with Crippen LogP contribution in [-0.4, -0.2) is 9.13 Å². The highest BCUT2D eigenvalue weighted by Crippen LogP contribution is 2.39. The Bertz CT molecular complexity index is 2970. The van der Waals surface area contributed by atoms with Gasteiger partial charge in [-0.2, -0.15) is 15.8 Å². The molecule has 0 bridgehead atoms. The van der Waals surface area contributed by atoms with Crippen molar-refractivity contribution in [2.24, 2.45) is 0 Å². The molecule has 0 spiro atoms. The fourth-order valence-corrected chi connectivity index (χ4v) is 7.39. The summed E-state index contributed by atoms with van der Waals surface area (Å²) in [7, 11) is 0. The molecule has 0 saturated heterocycles. The molecule has 0 fully saturated rings. The second-order valence-electron chi connectivity index (χ2n) is 12.3. The maximum absolute atomic E-state index is 10.5. The average molecular weight is 636 g/mol. The van der Waals surface area contributed by atoms with Gasteiger partial charge in [0.1, 0.15) is 0 Å². The van der Waals surface area contributed by atoms with Gasteiger partial charge in [-0.25, -0.2) is 0 Å². The third-order valence-electron chi connectivity index (χ3n) is 9.62. The first-order valence-corrected chi connectivity index (χ1v) is 16.3. The minimum Gasteiger partial charge on any atom is -0.309 e. The van der Waals surface area contributed by atoms with Crippen LogP contribution in [0.3, 0.4) is 0 Å². The van der Waals surface area contributed by atoms with E-state index >= 15 is 0 Å². The van der Waals surface area contributed by atoms with Gasteiger partial charge in [0, 0.05) is 38.4 Å². The zero-order chi connectivity index (χ0) is 33.8. The van der Waals surface area contributed by atoms with Crippen molar-refractivity contribution >= 4 is 43.6 Å². The SMILES string of the molecule is N#Cc1ccc2c(c1)c1ccccc1n2-c1cccc(-c2ccc(-c3ccccc3-n3c4ccccc4c4ccc(C#N)cc43)c(C#N)c2)c1. The molecular weight excluding hydrogens is 611 g/mol. The van der Waals surface area contributed by atoms with Crippen molar-refractivity contribution in [2.45, 2.75) is 0 Å². The van der Waals surface area contributed by atoms with Gasteiger partial charge >= 0.3 is 0 Å². The summed E-state index contributed by atoms with van der Waals surface area (Å²) in [5.74, 6) is 0. The summed E-state index contributed by atoms with van der Waals surface area (Å²) >= 11 is 0. The Kier molecular flexibility index (Phi) is 6.56. The standard InChI is InChI=1S/C45H25N5/c46-26-29-17-21-44-40(22-29)38-12-3-4-13-41(38)49(44)34-9-7-8-31(25-34)32-18-20-35(33(24-32)28-48)36-10-1-5-14-42(36)50-43-15-6-2-11-37(43)39-19-16-30(27-47)23-45(39)50/h1-25H. The van der Waals surface area contributed by atoms with Gasteiger partial charge in [-0.3, -0.25) is 0 Å². The fraction of sp³-hybridized carbons (Fsp3) is 0. The van der Waals surface area contributed by atoms with Crippen LogP contribution in [0.1, 0.15) is 16.7 Å². The van der Waals surface area contributed by atoms with Crippen molar-refractivity contribution in [1.82, 2.24) is 9.13 Å². The molecule has 2 aromatic heterocycles. The molecule has 5 nitrogen and oxygen atoms in total. The molecule has 230 valence electrons. The van der Waals surface area contributed by atoms with E-state index in [2.05, 4.69) is 88.0 Å². The van der Waals surface area contributed by atoms with Crippen molar-refractivity contribution < 1.29 is 0 Å². The Morgan fingerprint density at radius 1 is 0.380 bits per heavy atom. The van der Waals surface area contributed by atoms with Crippen molar-refractivity contribution in [3.63, 3.8) is 0 Å². The maximum Gasteiger partial charge on any atom is 0.0998 e. The fourth-order valence-electron chi connectivity index (χ4n) is 7.39. The minimum atomic E-state index is 0.569. The molecule has 0 saturated carbocycles. The molecule has 0 N–H and O–H groups in total. The highest BCUT2D eigenvalue weighted by atomic mass is 15.0. The summed E-state index contributed by atoms with van der Waals surface area (Å²) in [5.41, 5.74) is 11.5. The molecule has 9 rings (SSSR count). The van der Waals surface area contributed by atoms with E-state index in [1.807, 2.05) is 91.0 Å². The average Bonchev–Trinajstić information content (AvgIpc) is 3.69. The van der Waals surface area contributed by atoms with Gasteiger partial charge in [-0.05, 0) is 77.9 Å². The molecule has 7 aromatic carbocycles. The largest absolute Gasteiger partial charge is 0.309 e. The van der Waals surface area contributed by atoms with Crippen LogP contribution in [-0.2, 0) is 0 Å². The van der Waals surface area contributed by atoms with Crippen LogP contribution in [0.5, 0.6) is 0 Å². The Morgan fingerprint density at radius 3 is 1.82 bits per heavy atom. The van der Waals surface area contributed by atoms with Crippen molar-refractivity contribution in [1.29, 1.82) is 15.8 Å². The van der Waals surface area contributed by atoms with Crippen molar-refractivity contribution in [3.05, 3.63) is 168 Å². The topological polar surface area (TPSA) is 81.2 Å². The van der Waals surface area contributed by atoms with Crippen molar-refractivity contribution in [3.8, 4) is 51.8 Å². The minimum absolute atomic E-state index is 0.569. The second-order valence-corrected chi connectivity index (χ2v) is 12.3. The lowest BCUT2D eigenvalue weighted by Crippen LogP contribution is -1.98. The van der Waals surface area contributed by atoms with Gasteiger partial charge in [-0.15, -0.1) is 0 Å². The number of para-hydroxylation sites is 3. The lowest BCUT2D eigenvalue weighted by atomic mass is 9.94. The maximum atomic E-state index is 10.5. The number of nitriles is 3. The molecular formula is C45H25N5. The number of benzene rings is 7. The molecule has 0 amide bonds. The molecule has 9 aromatic rings. The van der Waals surface area contributed by atoms with Crippen LogP contribution in [0, 0.1) is 34.0 Å². The van der Waals surface area contributed by atoms with E-state index in [0.29, 0.717) is 16.7 Å². The molecule has 2 heterocycles. The molecule has 0 unspecified atom stereocenters. The van der Waals surface area contributed by atoms with E-state index in [1.165, 1.54) is 0 Å². The van der Waals surface area contributed by atoms with Crippen LogP contribution >= 0.6 is 0 Å². The summed E-state index contributed by atoms with van der Waals surface area (Å²) in [6.07, 6.45) is 0. The number of hydrogen-bond donors (Lipinski definition) is 0. The summed E-state index contributed by atoms with van der Waals surface area (Å²) in [5, 5.41) is 34.1. The van der Waals surface area contributed by atoms with Crippen LogP contribution < -0.4 is 0 Å². The number of nitrogens with zero attached hydrogens (tertiary/aromatic N) is 5. The zero-order valence-electron chi connectivity index (χ0n) is 26.7. The van der Waals surface area contributed by atoms with E-state index in [4.69, 9.17) is 0 Å². The first kappa shape index (κ1) is 28.8. The third kappa shape index (κ3) is 4.38. The second kappa shape index (κ2) is 11.4. The van der Waals surface area contributed by atoms with Crippen LogP contribution in [0.4, 0.5) is 0 Å². The third-order valence-corrected chi connectivity index (χ3v) is 9.62. The van der Waals surface area contributed by atoms with E-state index in [1.54, 1.807) is 0 Å². The van der Waals surface area contributed by atoms with Crippen molar-refractivity contribution in [2.75, 3.05) is 0 Å². The van der Waals surface area contributed by atoms with Crippen LogP contribution in [0.25, 0.3) is 77.2 Å². The summed E-state index contributed by atoms with van der Waals surface area (Å²) < 4.78 is 4.43. The van der Waals surface area contributed by atoms with E-state index in [0.717, 1.165) is 77.2 Å².